The fourth-order valence-corrected chi connectivity index (χ4v) is 3.15. The minimum absolute atomic E-state index is 0.0636. The number of nitrogens with one attached hydrogen (secondary N) is 1. The van der Waals surface area contributed by atoms with Crippen molar-refractivity contribution in [2.45, 2.75) is 58.5 Å². The highest BCUT2D eigenvalue weighted by Crippen LogP contribution is 2.23. The number of nitrogens with zero attached hydrogens (tertiary/aromatic N) is 1. The highest BCUT2D eigenvalue weighted by molar-refractivity contribution is 5.92. The smallest absolute Gasteiger partial charge is 0.225 e. The Morgan fingerprint density at radius 3 is 2.67 bits per heavy atom. The number of nitrogens with two attached hydrogens (primary N) is 1. The summed E-state index contributed by atoms with van der Waals surface area (Å²) in [5.41, 5.74) is 8.33. The quantitative estimate of drug-likeness (QED) is 0.837. The molecule has 2 atom stereocenters. The van der Waals surface area contributed by atoms with Crippen LogP contribution in [0.5, 0.6) is 0 Å². The van der Waals surface area contributed by atoms with Gasteiger partial charge in [-0.2, -0.15) is 0 Å². The molecule has 1 saturated heterocycles. The zero-order valence-electron chi connectivity index (χ0n) is 13.4. The Balaban J connectivity index is 1.88. The van der Waals surface area contributed by atoms with Gasteiger partial charge in [0.05, 0.1) is 0 Å². The summed E-state index contributed by atoms with van der Waals surface area (Å²) in [7, 11) is 0. The minimum atomic E-state index is 0.0636. The van der Waals surface area contributed by atoms with E-state index in [1.807, 2.05) is 25.1 Å². The maximum Gasteiger partial charge on any atom is 0.225 e. The number of carbonyl (C=O) groups is 1. The highest BCUT2D eigenvalue weighted by Gasteiger charge is 2.24. The SMILES string of the molecule is Cc1c(N)cccc1NC(=O)CCN1[C@H](C)CCC[C@@H]1C. The monoisotopic (exact) mass is 289 g/mol. The van der Waals surface area contributed by atoms with E-state index in [2.05, 4.69) is 24.1 Å². The first-order valence-electron chi connectivity index (χ1n) is 7.89. The largest absolute Gasteiger partial charge is 0.398 e. The lowest BCUT2D eigenvalue weighted by Gasteiger charge is -2.38. The van der Waals surface area contributed by atoms with E-state index in [-0.39, 0.29) is 5.91 Å². The van der Waals surface area contributed by atoms with E-state index in [9.17, 15) is 4.79 Å². The van der Waals surface area contributed by atoms with Crippen LogP contribution in [0.25, 0.3) is 0 Å². The second kappa shape index (κ2) is 6.94. The van der Waals surface area contributed by atoms with Crippen LogP contribution in [-0.4, -0.2) is 29.4 Å². The normalized spacial score (nSPS) is 23.0. The standard InChI is InChI=1S/C17H27N3O/c1-12-6-4-7-13(2)20(12)11-10-17(21)19-16-9-5-8-15(18)14(16)3/h5,8-9,12-13H,4,6-7,10-11,18H2,1-3H3,(H,19,21)/t12-,13+. The first kappa shape index (κ1) is 15.8. The van der Waals surface area contributed by atoms with Crippen molar-refractivity contribution >= 4 is 17.3 Å². The summed E-state index contributed by atoms with van der Waals surface area (Å²) in [6, 6.07) is 6.77. The molecule has 1 aromatic rings. The van der Waals surface area contributed by atoms with Gasteiger partial charge in [0, 0.05) is 36.4 Å². The van der Waals surface area contributed by atoms with Gasteiger partial charge in [0.1, 0.15) is 0 Å². The number of benzene rings is 1. The van der Waals surface area contributed by atoms with Crippen LogP contribution in [0.2, 0.25) is 0 Å². The molecule has 116 valence electrons. The average molecular weight is 289 g/mol. The first-order valence-corrected chi connectivity index (χ1v) is 7.89. The minimum Gasteiger partial charge on any atom is -0.398 e. The van der Waals surface area contributed by atoms with Gasteiger partial charge in [0.25, 0.3) is 0 Å². The van der Waals surface area contributed by atoms with Crippen LogP contribution in [0.4, 0.5) is 11.4 Å². The number of likely N-dealkylation sites (tertiary alicyclic amines) is 1. The van der Waals surface area contributed by atoms with Crippen molar-refractivity contribution in [3.05, 3.63) is 23.8 Å². The second-order valence-electron chi connectivity index (χ2n) is 6.18. The van der Waals surface area contributed by atoms with Crippen LogP contribution in [0.15, 0.2) is 18.2 Å². The zero-order valence-corrected chi connectivity index (χ0v) is 13.4. The van der Waals surface area contributed by atoms with Gasteiger partial charge in [-0.25, -0.2) is 0 Å². The molecule has 1 aromatic carbocycles. The van der Waals surface area contributed by atoms with Gasteiger partial charge in [-0.15, -0.1) is 0 Å². The van der Waals surface area contributed by atoms with Gasteiger partial charge < -0.3 is 11.1 Å². The lowest BCUT2D eigenvalue weighted by atomic mass is 9.97. The molecule has 1 amide bonds. The number of nitrogen functional groups attached to an aromatic ring is 1. The second-order valence-corrected chi connectivity index (χ2v) is 6.18. The topological polar surface area (TPSA) is 58.4 Å². The lowest BCUT2D eigenvalue weighted by Crippen LogP contribution is -2.44. The third-order valence-corrected chi connectivity index (χ3v) is 4.62. The predicted octanol–water partition coefficient (Wildman–Crippen LogP) is 3.17. The van der Waals surface area contributed by atoms with Crippen LogP contribution >= 0.6 is 0 Å². The zero-order chi connectivity index (χ0) is 15.4. The Labute approximate surface area is 127 Å². The Hall–Kier alpha value is -1.55. The number of rotatable bonds is 4. The van der Waals surface area contributed by atoms with Crippen LogP contribution < -0.4 is 11.1 Å². The molecule has 0 saturated carbocycles. The molecule has 0 aromatic heterocycles. The third-order valence-electron chi connectivity index (χ3n) is 4.62. The van der Waals surface area contributed by atoms with Crippen LogP contribution in [0.1, 0.15) is 45.1 Å². The molecule has 1 heterocycles. The predicted molar refractivity (Wildman–Crippen MR) is 88.3 cm³/mol. The fraction of sp³-hybridized carbons (Fsp3) is 0.588. The average Bonchev–Trinajstić information content (AvgIpc) is 2.43. The van der Waals surface area contributed by atoms with Crippen molar-refractivity contribution in [3.63, 3.8) is 0 Å². The molecule has 0 aliphatic carbocycles. The van der Waals surface area contributed by atoms with Gasteiger partial charge in [-0.3, -0.25) is 9.69 Å². The van der Waals surface area contributed by atoms with E-state index >= 15 is 0 Å². The Bertz CT molecular complexity index is 491. The van der Waals surface area contributed by atoms with Gasteiger partial charge in [0.15, 0.2) is 0 Å². The molecule has 4 heteroatoms. The van der Waals surface area contributed by atoms with Crippen molar-refractivity contribution in [2.24, 2.45) is 0 Å². The fourth-order valence-electron chi connectivity index (χ4n) is 3.15. The van der Waals surface area contributed by atoms with E-state index in [4.69, 9.17) is 5.73 Å². The van der Waals surface area contributed by atoms with Crippen molar-refractivity contribution < 1.29 is 4.79 Å². The molecule has 3 N–H and O–H groups in total. The molecular weight excluding hydrogens is 262 g/mol. The highest BCUT2D eigenvalue weighted by atomic mass is 16.1. The van der Waals surface area contributed by atoms with Crippen molar-refractivity contribution in [2.75, 3.05) is 17.6 Å². The first-order chi connectivity index (χ1) is 9.99. The van der Waals surface area contributed by atoms with E-state index in [0.29, 0.717) is 24.2 Å². The molecule has 0 radical (unpaired) electrons. The van der Waals surface area contributed by atoms with Gasteiger partial charge in [-0.05, 0) is 51.3 Å². The van der Waals surface area contributed by atoms with Crippen molar-refractivity contribution in [1.29, 1.82) is 0 Å². The molecule has 0 bridgehead atoms. The van der Waals surface area contributed by atoms with E-state index in [1.54, 1.807) is 0 Å². The molecule has 21 heavy (non-hydrogen) atoms. The van der Waals surface area contributed by atoms with E-state index < -0.39 is 0 Å². The van der Waals surface area contributed by atoms with Crippen LogP contribution in [-0.2, 0) is 4.79 Å². The van der Waals surface area contributed by atoms with Crippen LogP contribution in [0, 0.1) is 6.92 Å². The van der Waals surface area contributed by atoms with Gasteiger partial charge in [0.2, 0.25) is 5.91 Å². The maximum atomic E-state index is 12.2. The molecule has 2 rings (SSSR count). The Morgan fingerprint density at radius 1 is 1.33 bits per heavy atom. The number of amides is 1. The number of anilines is 2. The summed E-state index contributed by atoms with van der Waals surface area (Å²) in [5, 5.41) is 2.97. The van der Waals surface area contributed by atoms with Crippen molar-refractivity contribution in [3.8, 4) is 0 Å². The number of hydrogen-bond donors (Lipinski definition) is 2. The van der Waals surface area contributed by atoms with Crippen LogP contribution in [0.3, 0.4) is 0 Å². The summed E-state index contributed by atoms with van der Waals surface area (Å²) in [4.78, 5) is 14.6. The molecule has 0 unspecified atom stereocenters. The summed E-state index contributed by atoms with van der Waals surface area (Å²) in [5.74, 6) is 0.0636. The Kier molecular flexibility index (Phi) is 5.23. The molecule has 1 fully saturated rings. The molecule has 1 aliphatic heterocycles. The van der Waals surface area contributed by atoms with E-state index in [1.165, 1.54) is 19.3 Å². The van der Waals surface area contributed by atoms with E-state index in [0.717, 1.165) is 17.8 Å². The number of piperidine rings is 1. The van der Waals surface area contributed by atoms with Gasteiger partial charge >= 0.3 is 0 Å². The number of carbonyl (C=O) groups excluding carboxylic acids is 1. The summed E-state index contributed by atoms with van der Waals surface area (Å²) < 4.78 is 0. The summed E-state index contributed by atoms with van der Waals surface area (Å²) in [6.45, 7) is 7.28. The summed E-state index contributed by atoms with van der Waals surface area (Å²) in [6.07, 6.45) is 4.30. The molecule has 4 nitrogen and oxygen atoms in total. The molecule has 0 spiro atoms. The third kappa shape index (κ3) is 3.97. The number of hydrogen-bond acceptors (Lipinski definition) is 3. The van der Waals surface area contributed by atoms with Gasteiger partial charge in [-0.1, -0.05) is 12.5 Å². The summed E-state index contributed by atoms with van der Waals surface area (Å²) >= 11 is 0. The Morgan fingerprint density at radius 2 is 2.00 bits per heavy atom. The van der Waals surface area contributed by atoms with Crippen molar-refractivity contribution in [1.82, 2.24) is 4.90 Å². The molecular formula is C17H27N3O. The lowest BCUT2D eigenvalue weighted by molar-refractivity contribution is -0.116. The maximum absolute atomic E-state index is 12.2. The molecule has 1 aliphatic rings.